The van der Waals surface area contributed by atoms with E-state index >= 15 is 0 Å². The zero-order valence-corrected chi connectivity index (χ0v) is 15.2. The van der Waals surface area contributed by atoms with Gasteiger partial charge in [0.15, 0.2) is 0 Å². The highest BCUT2D eigenvalue weighted by Crippen LogP contribution is 2.42. The van der Waals surface area contributed by atoms with E-state index in [1.807, 2.05) is 0 Å². The van der Waals surface area contributed by atoms with Crippen LogP contribution < -0.4 is 0 Å². The Hall–Kier alpha value is -2.53. The maximum atomic E-state index is 13.8. The van der Waals surface area contributed by atoms with Crippen LogP contribution in [0.25, 0.3) is 0 Å². The standard InChI is InChI=1S/C18H13F5O5S/c19-17(20,21)16(18(22,23)29(25,26)27)28-15(24)14-12-7-3-1-5-10(12)9-11-6-2-4-8-13(11)14/h1-8,14,16H,9H2,(H,25,26,27). The summed E-state index contributed by atoms with van der Waals surface area (Å²) in [6.45, 7) is 0. The maximum Gasteiger partial charge on any atom is 0.432 e. The molecule has 3 rings (SSSR count). The largest absolute Gasteiger partial charge is 0.444 e. The predicted molar refractivity (Wildman–Crippen MR) is 90.0 cm³/mol. The zero-order valence-electron chi connectivity index (χ0n) is 14.4. The topological polar surface area (TPSA) is 80.7 Å². The number of benzene rings is 2. The molecule has 0 heterocycles. The lowest BCUT2D eigenvalue weighted by atomic mass is 9.78. The molecular weight excluding hydrogens is 423 g/mol. The smallest absolute Gasteiger partial charge is 0.432 e. The van der Waals surface area contributed by atoms with E-state index < -0.39 is 39.5 Å². The molecule has 5 nitrogen and oxygen atoms in total. The van der Waals surface area contributed by atoms with Crippen molar-refractivity contribution in [3.05, 3.63) is 70.8 Å². The van der Waals surface area contributed by atoms with Gasteiger partial charge in [0.2, 0.25) is 0 Å². The molecular formula is C18H13F5O5S. The summed E-state index contributed by atoms with van der Waals surface area (Å²) < 4.78 is 101. The number of hydrogen-bond donors (Lipinski definition) is 1. The Morgan fingerprint density at radius 2 is 1.41 bits per heavy atom. The minimum Gasteiger partial charge on any atom is -0.444 e. The number of esters is 1. The van der Waals surface area contributed by atoms with E-state index in [2.05, 4.69) is 4.74 Å². The Morgan fingerprint density at radius 3 is 1.83 bits per heavy atom. The fourth-order valence-corrected chi connectivity index (χ4v) is 3.68. The molecule has 1 aliphatic carbocycles. The molecule has 0 saturated heterocycles. The first-order valence-electron chi connectivity index (χ1n) is 8.11. The molecule has 11 heteroatoms. The van der Waals surface area contributed by atoms with Gasteiger partial charge in [-0.2, -0.15) is 30.4 Å². The van der Waals surface area contributed by atoms with Gasteiger partial charge in [0, 0.05) is 0 Å². The van der Waals surface area contributed by atoms with E-state index in [9.17, 15) is 35.2 Å². The van der Waals surface area contributed by atoms with Crippen molar-refractivity contribution in [2.24, 2.45) is 0 Å². The zero-order chi connectivity index (χ0) is 21.6. The monoisotopic (exact) mass is 436 g/mol. The number of ether oxygens (including phenoxy) is 1. The quantitative estimate of drug-likeness (QED) is 0.449. The van der Waals surface area contributed by atoms with Crippen molar-refractivity contribution in [1.82, 2.24) is 0 Å². The first-order valence-corrected chi connectivity index (χ1v) is 9.55. The predicted octanol–water partition coefficient (Wildman–Crippen LogP) is 3.68. The fraction of sp³-hybridized carbons (Fsp3) is 0.278. The lowest BCUT2D eigenvalue weighted by Gasteiger charge is -2.31. The molecule has 0 aliphatic heterocycles. The van der Waals surface area contributed by atoms with E-state index in [1.165, 1.54) is 24.3 Å². The van der Waals surface area contributed by atoms with E-state index in [4.69, 9.17) is 4.55 Å². The third-order valence-electron chi connectivity index (χ3n) is 4.53. The van der Waals surface area contributed by atoms with Gasteiger partial charge >= 0.3 is 27.5 Å². The highest BCUT2D eigenvalue weighted by atomic mass is 32.2. The van der Waals surface area contributed by atoms with Gasteiger partial charge in [0.25, 0.3) is 6.10 Å². The molecule has 1 atom stereocenters. The molecule has 1 N–H and O–H groups in total. The number of hydrogen-bond acceptors (Lipinski definition) is 4. The van der Waals surface area contributed by atoms with Crippen molar-refractivity contribution >= 4 is 16.1 Å². The van der Waals surface area contributed by atoms with Crippen molar-refractivity contribution < 1.29 is 44.5 Å². The summed E-state index contributed by atoms with van der Waals surface area (Å²) in [4.78, 5) is 12.6. The van der Waals surface area contributed by atoms with E-state index in [-0.39, 0.29) is 11.1 Å². The second-order valence-electron chi connectivity index (χ2n) is 6.40. The molecule has 0 fully saturated rings. The lowest BCUT2D eigenvalue weighted by Crippen LogP contribution is -2.52. The van der Waals surface area contributed by atoms with Gasteiger partial charge in [-0.25, -0.2) is 0 Å². The minimum atomic E-state index is -6.51. The SMILES string of the molecule is O=C(OC(C(F)(F)F)C(F)(F)S(=O)(=O)O)C1c2ccccc2Cc2ccccc21. The molecule has 2 aromatic carbocycles. The molecule has 1 unspecified atom stereocenters. The van der Waals surface area contributed by atoms with Gasteiger partial charge in [0.1, 0.15) is 5.92 Å². The van der Waals surface area contributed by atoms with Gasteiger partial charge in [-0.3, -0.25) is 9.35 Å². The normalized spacial score (nSPS) is 15.9. The van der Waals surface area contributed by atoms with Crippen LogP contribution in [0.15, 0.2) is 48.5 Å². The first kappa shape index (κ1) is 21.2. The van der Waals surface area contributed by atoms with Gasteiger partial charge in [-0.05, 0) is 28.7 Å². The van der Waals surface area contributed by atoms with Crippen LogP contribution in [-0.4, -0.2) is 36.5 Å². The molecule has 0 saturated carbocycles. The van der Waals surface area contributed by atoms with Gasteiger partial charge in [-0.15, -0.1) is 0 Å². The highest BCUT2D eigenvalue weighted by molar-refractivity contribution is 7.86. The van der Waals surface area contributed by atoms with Crippen molar-refractivity contribution in [2.45, 2.75) is 29.9 Å². The lowest BCUT2D eigenvalue weighted by molar-refractivity contribution is -0.259. The van der Waals surface area contributed by atoms with Gasteiger partial charge in [0.05, 0.1) is 0 Å². The van der Waals surface area contributed by atoms with Gasteiger partial charge < -0.3 is 4.74 Å². The average Bonchev–Trinajstić information content (AvgIpc) is 2.61. The molecule has 2 aromatic rings. The molecule has 0 aromatic heterocycles. The van der Waals surface area contributed by atoms with Crippen LogP contribution in [0.4, 0.5) is 22.0 Å². The minimum absolute atomic E-state index is 0.257. The highest BCUT2D eigenvalue weighted by Gasteiger charge is 2.66. The second kappa shape index (κ2) is 7.06. The average molecular weight is 436 g/mol. The van der Waals surface area contributed by atoms with Crippen LogP contribution in [0.5, 0.6) is 0 Å². The van der Waals surface area contributed by atoms with Crippen molar-refractivity contribution in [3.63, 3.8) is 0 Å². The van der Waals surface area contributed by atoms with Crippen LogP contribution in [0.2, 0.25) is 0 Å². The van der Waals surface area contributed by atoms with Crippen LogP contribution in [-0.2, 0) is 26.1 Å². The van der Waals surface area contributed by atoms with Crippen molar-refractivity contribution in [1.29, 1.82) is 0 Å². The summed E-state index contributed by atoms with van der Waals surface area (Å²) >= 11 is 0. The van der Waals surface area contributed by atoms with Crippen LogP contribution in [0.3, 0.4) is 0 Å². The first-order chi connectivity index (χ1) is 13.3. The van der Waals surface area contributed by atoms with E-state index in [0.29, 0.717) is 17.5 Å². The molecule has 0 radical (unpaired) electrons. The van der Waals surface area contributed by atoms with Gasteiger partial charge in [-0.1, -0.05) is 48.5 Å². The third-order valence-corrected chi connectivity index (χ3v) is 5.43. The van der Waals surface area contributed by atoms with Crippen LogP contribution in [0, 0.1) is 0 Å². The fourth-order valence-electron chi connectivity index (χ4n) is 3.23. The maximum absolute atomic E-state index is 13.8. The molecule has 0 bridgehead atoms. The van der Waals surface area contributed by atoms with Crippen molar-refractivity contribution in [2.75, 3.05) is 0 Å². The van der Waals surface area contributed by atoms with Crippen LogP contribution in [0.1, 0.15) is 28.2 Å². The number of rotatable bonds is 4. The Kier molecular flexibility index (Phi) is 5.16. The van der Waals surface area contributed by atoms with E-state index in [1.54, 1.807) is 24.3 Å². The summed E-state index contributed by atoms with van der Waals surface area (Å²) in [5, 5.41) is -5.78. The van der Waals surface area contributed by atoms with Crippen LogP contribution >= 0.6 is 0 Å². The number of halogens is 5. The Labute approximate surface area is 161 Å². The summed E-state index contributed by atoms with van der Waals surface area (Å²) in [6.07, 6.45) is -9.97. The summed E-state index contributed by atoms with van der Waals surface area (Å²) in [5.41, 5.74) is 1.68. The Balaban J connectivity index is 2.06. The number of fused-ring (bicyclic) bond motifs is 2. The van der Waals surface area contributed by atoms with E-state index in [0.717, 1.165) is 0 Å². The molecule has 156 valence electrons. The summed E-state index contributed by atoms with van der Waals surface area (Å²) in [5.74, 6) is -3.19. The molecule has 0 amide bonds. The molecule has 29 heavy (non-hydrogen) atoms. The molecule has 1 aliphatic rings. The molecule has 0 spiro atoms. The number of carbonyl (C=O) groups is 1. The number of alkyl halides is 5. The summed E-state index contributed by atoms with van der Waals surface area (Å²) in [6, 6.07) is 12.4. The van der Waals surface area contributed by atoms with Crippen molar-refractivity contribution in [3.8, 4) is 0 Å². The third kappa shape index (κ3) is 3.84. The second-order valence-corrected chi connectivity index (χ2v) is 7.90. The summed E-state index contributed by atoms with van der Waals surface area (Å²) in [7, 11) is -6.51. The Bertz CT molecular complexity index is 1000. The number of carbonyl (C=O) groups excluding carboxylic acids is 1. The Morgan fingerprint density at radius 1 is 0.966 bits per heavy atom.